The third-order valence-electron chi connectivity index (χ3n) is 10.9. The molecule has 0 radical (unpaired) electrons. The summed E-state index contributed by atoms with van der Waals surface area (Å²) < 4.78 is 0. The topological polar surface area (TPSA) is 160 Å². The summed E-state index contributed by atoms with van der Waals surface area (Å²) in [6, 6.07) is 22.7. The maximum Gasteiger partial charge on any atom is 0.247 e. The van der Waals surface area contributed by atoms with Crippen LogP contribution in [-0.4, -0.2) is 82.5 Å². The normalized spacial score (nSPS) is 17.8. The first kappa shape index (κ1) is 44.4. The van der Waals surface area contributed by atoms with Crippen LogP contribution in [0.3, 0.4) is 0 Å². The number of benzene rings is 3. The number of amides is 6. The highest BCUT2D eigenvalue weighted by Crippen LogP contribution is 2.29. The lowest BCUT2D eigenvalue weighted by Crippen LogP contribution is -2.56. The number of hydrogen-bond acceptors (Lipinski definition) is 7. The first-order valence-electron chi connectivity index (χ1n) is 20.6. The van der Waals surface area contributed by atoms with Crippen LogP contribution in [0.1, 0.15) is 92.2 Å². The molecule has 2 saturated heterocycles. The number of carbonyl (C=O) groups is 6. The molecule has 2 aliphatic rings. The Kier molecular flexibility index (Phi) is 14.2. The van der Waals surface area contributed by atoms with Crippen molar-refractivity contribution in [1.82, 2.24) is 20.4 Å². The van der Waals surface area contributed by atoms with Crippen LogP contribution in [0.15, 0.2) is 78.9 Å². The van der Waals surface area contributed by atoms with Gasteiger partial charge >= 0.3 is 0 Å². The number of nitrogens with zero attached hydrogens (tertiary/aromatic N) is 3. The molecule has 2 fully saturated rings. The molecule has 6 amide bonds. The van der Waals surface area contributed by atoms with E-state index < -0.39 is 35.0 Å². The van der Waals surface area contributed by atoms with Crippen molar-refractivity contribution in [3.05, 3.63) is 90.0 Å². The van der Waals surface area contributed by atoms with Gasteiger partial charge in [-0.05, 0) is 84.0 Å². The Morgan fingerprint density at radius 2 is 0.966 bits per heavy atom. The van der Waals surface area contributed by atoms with E-state index in [9.17, 15) is 28.8 Å². The average Bonchev–Trinajstić information content (AvgIpc) is 3.88. The number of carbonyl (C=O) groups excluding carboxylic acids is 6. The summed E-state index contributed by atoms with van der Waals surface area (Å²) in [5.74, 6) is -1.59. The minimum absolute atomic E-state index is 0.250. The SMILES string of the molecule is CC(=O)N[C@H](C(=O)N1CCCC1C(=O)Nc1ccc(CN(Cc2ccc(NC(=O)[C@@H]3CCCN3C(=O)[C@@H](NC(C)=O)C(C)(C)C)cc2)c2ccccc2)cc1)C(C)(C)C. The Morgan fingerprint density at radius 3 is 1.31 bits per heavy atom. The lowest BCUT2D eigenvalue weighted by molar-refractivity contribution is -0.142. The van der Waals surface area contributed by atoms with Crippen molar-refractivity contribution >= 4 is 52.5 Å². The molecule has 3 aromatic carbocycles. The fourth-order valence-corrected chi connectivity index (χ4v) is 7.80. The zero-order chi connectivity index (χ0) is 43.1. The Bertz CT molecular complexity index is 1850. The monoisotopic (exact) mass is 807 g/mol. The fourth-order valence-electron chi connectivity index (χ4n) is 7.80. The maximum absolute atomic E-state index is 13.6. The highest BCUT2D eigenvalue weighted by atomic mass is 16.2. The van der Waals surface area contributed by atoms with E-state index in [1.54, 1.807) is 9.80 Å². The van der Waals surface area contributed by atoms with Crippen molar-refractivity contribution in [2.75, 3.05) is 28.6 Å². The zero-order valence-corrected chi connectivity index (χ0v) is 35.8. The molecular weight excluding hydrogens is 747 g/mol. The third-order valence-corrected chi connectivity index (χ3v) is 10.9. The molecule has 0 spiro atoms. The van der Waals surface area contributed by atoms with E-state index >= 15 is 0 Å². The van der Waals surface area contributed by atoms with Gasteiger partial charge in [0.05, 0.1) is 0 Å². The van der Waals surface area contributed by atoms with Gasteiger partial charge in [0, 0.05) is 57.1 Å². The van der Waals surface area contributed by atoms with Gasteiger partial charge in [-0.1, -0.05) is 84.0 Å². The van der Waals surface area contributed by atoms with Gasteiger partial charge in [-0.2, -0.15) is 0 Å². The second kappa shape index (κ2) is 18.9. The zero-order valence-electron chi connectivity index (χ0n) is 35.8. The van der Waals surface area contributed by atoms with Crippen LogP contribution in [0.5, 0.6) is 0 Å². The van der Waals surface area contributed by atoms with Crippen LogP contribution in [0.4, 0.5) is 17.1 Å². The summed E-state index contributed by atoms with van der Waals surface area (Å²) in [4.78, 5) is 83.4. The van der Waals surface area contributed by atoms with Crippen molar-refractivity contribution < 1.29 is 28.8 Å². The van der Waals surface area contributed by atoms with Crippen molar-refractivity contribution in [3.63, 3.8) is 0 Å². The molecule has 4 N–H and O–H groups in total. The number of nitrogens with one attached hydrogen (secondary N) is 4. The molecule has 4 atom stereocenters. The van der Waals surface area contributed by atoms with Crippen LogP contribution in [-0.2, 0) is 41.9 Å². The first-order chi connectivity index (χ1) is 27.8. The summed E-state index contributed by atoms with van der Waals surface area (Å²) in [6.07, 6.45) is 2.50. The molecule has 13 heteroatoms. The van der Waals surface area contributed by atoms with Gasteiger partial charge < -0.3 is 36.0 Å². The molecule has 59 heavy (non-hydrogen) atoms. The van der Waals surface area contributed by atoms with Crippen LogP contribution in [0.2, 0.25) is 0 Å². The molecule has 2 aliphatic heterocycles. The summed E-state index contributed by atoms with van der Waals surface area (Å²) in [5, 5.41) is 11.6. The van der Waals surface area contributed by atoms with E-state index in [-0.39, 0.29) is 35.4 Å². The van der Waals surface area contributed by atoms with Crippen LogP contribution >= 0.6 is 0 Å². The Hall–Kier alpha value is -5.72. The first-order valence-corrected chi connectivity index (χ1v) is 20.6. The van der Waals surface area contributed by atoms with E-state index in [2.05, 4.69) is 38.3 Å². The van der Waals surface area contributed by atoms with Gasteiger partial charge in [-0.15, -0.1) is 0 Å². The van der Waals surface area contributed by atoms with Crippen LogP contribution in [0, 0.1) is 10.8 Å². The van der Waals surface area contributed by atoms with Crippen LogP contribution in [0.25, 0.3) is 0 Å². The fraction of sp³-hybridized carbons (Fsp3) is 0.478. The average molecular weight is 808 g/mol. The minimum Gasteiger partial charge on any atom is -0.363 e. The van der Waals surface area contributed by atoms with E-state index in [4.69, 9.17) is 0 Å². The van der Waals surface area contributed by atoms with E-state index in [1.165, 1.54) is 13.8 Å². The van der Waals surface area contributed by atoms with Gasteiger partial charge in [0.15, 0.2) is 0 Å². The van der Waals surface area contributed by atoms with Gasteiger partial charge in [0.1, 0.15) is 24.2 Å². The lowest BCUT2D eigenvalue weighted by atomic mass is 9.85. The molecular formula is C46H61N7O6. The largest absolute Gasteiger partial charge is 0.363 e. The summed E-state index contributed by atoms with van der Waals surface area (Å²) in [7, 11) is 0. The predicted molar refractivity (Wildman–Crippen MR) is 230 cm³/mol. The van der Waals surface area contributed by atoms with Gasteiger partial charge in [-0.25, -0.2) is 0 Å². The number of hydrogen-bond donors (Lipinski definition) is 4. The highest BCUT2D eigenvalue weighted by molar-refractivity contribution is 6.00. The second-order valence-electron chi connectivity index (χ2n) is 17.9. The van der Waals surface area contributed by atoms with Gasteiger partial charge in [0.25, 0.3) is 0 Å². The van der Waals surface area contributed by atoms with E-state index in [0.717, 1.165) is 16.8 Å². The maximum atomic E-state index is 13.6. The summed E-state index contributed by atoms with van der Waals surface area (Å²) in [6.45, 7) is 16.2. The Labute approximate surface area is 348 Å². The highest BCUT2D eigenvalue weighted by Gasteiger charge is 2.43. The minimum atomic E-state index is -0.740. The van der Waals surface area contributed by atoms with Crippen molar-refractivity contribution in [1.29, 1.82) is 0 Å². The lowest BCUT2D eigenvalue weighted by Gasteiger charge is -2.35. The molecule has 0 saturated carbocycles. The number of anilines is 3. The Balaban J connectivity index is 1.22. The molecule has 0 aliphatic carbocycles. The van der Waals surface area contributed by atoms with Crippen LogP contribution < -0.4 is 26.2 Å². The standard InChI is InChI=1S/C46H61N7O6/c1-30(54)47-39(45(3,4)5)43(58)52-26-12-16-37(52)41(56)49-34-22-18-32(19-23-34)28-51(36-14-10-9-11-15-36)29-33-20-24-35(25-21-33)50-42(57)38-17-13-27-53(38)44(59)40(46(6,7)8)48-31(2)55/h9-11,14-15,18-25,37-40H,12-13,16-17,26-29H2,1-8H3,(H,47,54)(H,48,55)(H,49,56)(H,50,57)/t37-,38?,39+,40+/m0/s1. The van der Waals surface area contributed by atoms with Crippen molar-refractivity contribution in [3.8, 4) is 0 Å². The second-order valence-corrected chi connectivity index (χ2v) is 17.9. The number of likely N-dealkylation sites (tertiary alicyclic amines) is 2. The van der Waals surface area contributed by atoms with Gasteiger partial charge in [-0.3, -0.25) is 28.8 Å². The Morgan fingerprint density at radius 1 is 0.593 bits per heavy atom. The molecule has 0 aromatic heterocycles. The quantitative estimate of drug-likeness (QED) is 0.169. The van der Waals surface area contributed by atoms with E-state index in [0.29, 0.717) is 63.2 Å². The molecule has 0 bridgehead atoms. The van der Waals surface area contributed by atoms with Gasteiger partial charge in [0.2, 0.25) is 35.4 Å². The number of para-hydroxylation sites is 1. The molecule has 1 unspecified atom stereocenters. The molecule has 13 nitrogen and oxygen atoms in total. The summed E-state index contributed by atoms with van der Waals surface area (Å²) in [5.41, 5.74) is 3.30. The molecule has 5 rings (SSSR count). The predicted octanol–water partition coefficient (Wildman–Crippen LogP) is 5.85. The molecule has 3 aromatic rings. The molecule has 316 valence electrons. The smallest absolute Gasteiger partial charge is 0.247 e. The summed E-state index contributed by atoms with van der Waals surface area (Å²) >= 11 is 0. The van der Waals surface area contributed by atoms with Crippen molar-refractivity contribution in [2.24, 2.45) is 10.8 Å². The van der Waals surface area contributed by atoms with Crippen molar-refractivity contribution in [2.45, 2.75) is 118 Å². The number of rotatable bonds is 13. The molecule has 2 heterocycles. The van der Waals surface area contributed by atoms with E-state index in [1.807, 2.05) is 108 Å². The third kappa shape index (κ3) is 11.7.